The number of hydrogen-bond acceptors (Lipinski definition) is 8. The zero-order valence-corrected chi connectivity index (χ0v) is 19.4. The number of carbonyl (C=O) groups is 1. The van der Waals surface area contributed by atoms with Crippen LogP contribution < -0.4 is 9.62 Å². The SMILES string of the molecule is N#Cc1ccc(N(Cc2noc(C3CCN(S(=O)(=O)NC(=O)O)CC3)n2)CC(F)(F)F)cc1C(F)(F)F. The Labute approximate surface area is 205 Å². The first-order valence-electron chi connectivity index (χ1n) is 10.4. The highest BCUT2D eigenvalue weighted by atomic mass is 32.2. The van der Waals surface area contributed by atoms with E-state index in [0.717, 1.165) is 16.4 Å². The Hall–Kier alpha value is -3.59. The zero-order valence-electron chi connectivity index (χ0n) is 18.5. The Bertz CT molecular complexity index is 1280. The number of alkyl halides is 6. The number of nitriles is 1. The molecule has 11 nitrogen and oxygen atoms in total. The molecule has 1 fully saturated rings. The number of halogens is 6. The first kappa shape index (κ1) is 28.0. The maximum Gasteiger partial charge on any atom is 0.419 e. The summed E-state index contributed by atoms with van der Waals surface area (Å²) in [5.74, 6) is -0.763. The molecule has 1 amide bonds. The van der Waals surface area contributed by atoms with E-state index in [9.17, 15) is 39.6 Å². The van der Waals surface area contributed by atoms with Gasteiger partial charge in [0, 0.05) is 24.7 Å². The summed E-state index contributed by atoms with van der Waals surface area (Å²) >= 11 is 0. The minimum Gasteiger partial charge on any atom is -0.464 e. The molecule has 2 aromatic rings. The minimum absolute atomic E-state index is 0.0130. The number of rotatable bonds is 7. The van der Waals surface area contributed by atoms with Crippen molar-refractivity contribution in [3.8, 4) is 6.07 Å². The first-order chi connectivity index (χ1) is 17.1. The van der Waals surface area contributed by atoms with E-state index in [1.54, 1.807) is 0 Å². The lowest BCUT2D eigenvalue weighted by Crippen LogP contribution is -2.46. The van der Waals surface area contributed by atoms with E-state index in [1.807, 2.05) is 0 Å². The summed E-state index contributed by atoms with van der Waals surface area (Å²) in [6.45, 7) is -2.53. The number of piperidine rings is 1. The van der Waals surface area contributed by atoms with Gasteiger partial charge in [0.2, 0.25) is 5.89 Å². The predicted octanol–water partition coefficient (Wildman–Crippen LogP) is 3.22. The van der Waals surface area contributed by atoms with E-state index in [0.29, 0.717) is 11.0 Å². The highest BCUT2D eigenvalue weighted by molar-refractivity contribution is 7.87. The number of benzene rings is 1. The van der Waals surface area contributed by atoms with Gasteiger partial charge in [0.25, 0.3) is 0 Å². The summed E-state index contributed by atoms with van der Waals surface area (Å²) in [4.78, 5) is 15.2. The molecule has 1 aliphatic heterocycles. The van der Waals surface area contributed by atoms with Crippen LogP contribution in [0.1, 0.15) is 41.6 Å². The lowest BCUT2D eigenvalue weighted by molar-refractivity contribution is -0.137. The fraction of sp³-hybridized carbons (Fsp3) is 0.474. The highest BCUT2D eigenvalue weighted by Gasteiger charge is 2.37. The van der Waals surface area contributed by atoms with Gasteiger partial charge in [-0.25, -0.2) is 9.52 Å². The molecule has 0 spiro atoms. The lowest BCUT2D eigenvalue weighted by Gasteiger charge is -2.28. The van der Waals surface area contributed by atoms with Crippen LogP contribution in [0.4, 0.5) is 36.8 Å². The first-order valence-corrected chi connectivity index (χ1v) is 11.8. The second-order valence-corrected chi connectivity index (χ2v) is 9.62. The Kier molecular flexibility index (Phi) is 7.88. The molecule has 1 aromatic heterocycles. The number of hydrogen-bond donors (Lipinski definition) is 2. The van der Waals surface area contributed by atoms with Crippen LogP contribution in [-0.4, -0.2) is 59.9 Å². The summed E-state index contributed by atoms with van der Waals surface area (Å²) in [6, 6.07) is 3.50. The van der Waals surface area contributed by atoms with Gasteiger partial charge in [-0.05, 0) is 31.0 Å². The third-order valence-corrected chi connectivity index (χ3v) is 6.82. The van der Waals surface area contributed by atoms with Crippen molar-refractivity contribution in [2.24, 2.45) is 0 Å². The molecule has 0 saturated carbocycles. The maximum atomic E-state index is 13.3. The van der Waals surface area contributed by atoms with Crippen molar-refractivity contribution in [1.82, 2.24) is 19.2 Å². The van der Waals surface area contributed by atoms with Gasteiger partial charge >= 0.3 is 28.7 Å². The smallest absolute Gasteiger partial charge is 0.419 e. The van der Waals surface area contributed by atoms with E-state index in [-0.39, 0.29) is 37.6 Å². The second kappa shape index (κ2) is 10.4. The standard InChI is InChI=1S/C19H18F6N6O5S/c20-18(21,22)10-30(13-2-1-12(8-26)14(7-13)19(23,24)25)9-15-27-16(36-28-15)11-3-5-31(6-4-11)37(34,35)29-17(32)33/h1-2,7,11,29H,3-6,9-10H2,(H,32,33). The predicted molar refractivity (Wildman–Crippen MR) is 111 cm³/mol. The largest absolute Gasteiger partial charge is 0.464 e. The van der Waals surface area contributed by atoms with Gasteiger partial charge in [-0.1, -0.05) is 5.16 Å². The summed E-state index contributed by atoms with van der Waals surface area (Å²) < 4.78 is 111. The van der Waals surface area contributed by atoms with Crippen molar-refractivity contribution in [3.63, 3.8) is 0 Å². The molecule has 2 N–H and O–H groups in total. The van der Waals surface area contributed by atoms with Gasteiger partial charge in [0.15, 0.2) is 5.82 Å². The third-order valence-electron chi connectivity index (χ3n) is 5.34. The van der Waals surface area contributed by atoms with Gasteiger partial charge in [0.1, 0.15) is 6.54 Å². The number of amides is 1. The van der Waals surface area contributed by atoms with Crippen LogP contribution >= 0.6 is 0 Å². The number of anilines is 1. The van der Waals surface area contributed by atoms with Crippen LogP contribution in [0.2, 0.25) is 0 Å². The molecule has 1 saturated heterocycles. The van der Waals surface area contributed by atoms with Crippen molar-refractivity contribution in [3.05, 3.63) is 41.0 Å². The van der Waals surface area contributed by atoms with Crippen molar-refractivity contribution in [2.45, 2.75) is 37.7 Å². The zero-order chi connectivity index (χ0) is 27.6. The molecule has 2 heterocycles. The molecular weight excluding hydrogens is 538 g/mol. The number of carboxylic acid groups (broad SMARTS) is 1. The minimum atomic E-state index is -4.98. The number of nitrogens with zero attached hydrogens (tertiary/aromatic N) is 5. The van der Waals surface area contributed by atoms with E-state index in [4.69, 9.17) is 14.9 Å². The van der Waals surface area contributed by atoms with Gasteiger partial charge in [-0.3, -0.25) is 0 Å². The molecular formula is C19H18F6N6O5S. The Balaban J connectivity index is 1.78. The molecule has 0 atom stereocenters. The Morgan fingerprint density at radius 2 is 1.89 bits per heavy atom. The topological polar surface area (TPSA) is 153 Å². The highest BCUT2D eigenvalue weighted by Crippen LogP contribution is 2.35. The molecule has 1 aliphatic rings. The third kappa shape index (κ3) is 7.22. The van der Waals surface area contributed by atoms with Gasteiger partial charge in [0.05, 0.1) is 23.7 Å². The summed E-state index contributed by atoms with van der Waals surface area (Å²) in [7, 11) is -4.26. The van der Waals surface area contributed by atoms with Crippen molar-refractivity contribution in [1.29, 1.82) is 5.26 Å². The van der Waals surface area contributed by atoms with E-state index in [1.165, 1.54) is 10.8 Å². The van der Waals surface area contributed by atoms with Gasteiger partial charge in [-0.2, -0.15) is 49.3 Å². The second-order valence-electron chi connectivity index (χ2n) is 7.95. The Morgan fingerprint density at radius 3 is 2.43 bits per heavy atom. The molecule has 37 heavy (non-hydrogen) atoms. The molecule has 0 unspecified atom stereocenters. The van der Waals surface area contributed by atoms with E-state index < -0.39 is 64.5 Å². The van der Waals surface area contributed by atoms with Crippen LogP contribution in [0, 0.1) is 11.3 Å². The molecule has 0 aliphatic carbocycles. The van der Waals surface area contributed by atoms with Crippen LogP contribution in [0.15, 0.2) is 22.7 Å². The van der Waals surface area contributed by atoms with Crippen molar-refractivity contribution >= 4 is 22.0 Å². The fourth-order valence-electron chi connectivity index (χ4n) is 3.70. The van der Waals surface area contributed by atoms with E-state index in [2.05, 4.69) is 10.1 Å². The summed E-state index contributed by atoms with van der Waals surface area (Å²) in [5, 5.41) is 21.1. The molecule has 1 aromatic carbocycles. The summed E-state index contributed by atoms with van der Waals surface area (Å²) in [6.07, 6.45) is -11.3. The van der Waals surface area contributed by atoms with Crippen molar-refractivity contribution in [2.75, 3.05) is 24.5 Å². The maximum absolute atomic E-state index is 13.3. The molecule has 3 rings (SSSR count). The molecule has 0 bridgehead atoms. The van der Waals surface area contributed by atoms with Crippen LogP contribution in [0.3, 0.4) is 0 Å². The van der Waals surface area contributed by atoms with Crippen LogP contribution in [-0.2, 0) is 22.9 Å². The fourth-order valence-corrected chi connectivity index (χ4v) is 4.74. The monoisotopic (exact) mass is 556 g/mol. The van der Waals surface area contributed by atoms with Crippen LogP contribution in [0.25, 0.3) is 0 Å². The van der Waals surface area contributed by atoms with Gasteiger partial charge < -0.3 is 14.5 Å². The quantitative estimate of drug-likeness (QED) is 0.490. The average molecular weight is 556 g/mol. The average Bonchev–Trinajstić information content (AvgIpc) is 3.24. The number of aromatic nitrogens is 2. The van der Waals surface area contributed by atoms with Crippen LogP contribution in [0.5, 0.6) is 0 Å². The molecule has 0 radical (unpaired) electrons. The van der Waals surface area contributed by atoms with Gasteiger partial charge in [-0.15, -0.1) is 0 Å². The number of nitrogens with one attached hydrogen (secondary N) is 1. The van der Waals surface area contributed by atoms with Crippen molar-refractivity contribution < 1.29 is 49.2 Å². The molecule has 202 valence electrons. The summed E-state index contributed by atoms with van der Waals surface area (Å²) in [5.41, 5.74) is -2.62. The van der Waals surface area contributed by atoms with E-state index >= 15 is 0 Å². The normalized spacial score (nSPS) is 15.8. The lowest BCUT2D eigenvalue weighted by atomic mass is 9.98. The molecule has 18 heteroatoms. The Morgan fingerprint density at radius 1 is 1.24 bits per heavy atom.